The van der Waals surface area contributed by atoms with Gasteiger partial charge in [-0.15, -0.1) is 0 Å². The van der Waals surface area contributed by atoms with Gasteiger partial charge in [-0.05, 0) is 29.7 Å². The highest BCUT2D eigenvalue weighted by Gasteiger charge is 2.24. The van der Waals surface area contributed by atoms with Gasteiger partial charge >= 0.3 is 0 Å². The summed E-state index contributed by atoms with van der Waals surface area (Å²) in [6, 6.07) is 8.37. The lowest BCUT2D eigenvalue weighted by atomic mass is 10.1. The Morgan fingerprint density at radius 3 is 2.87 bits per heavy atom. The minimum atomic E-state index is 0.0265. The molecule has 15 heavy (non-hydrogen) atoms. The maximum Gasteiger partial charge on any atom is 0.0981 e. The summed E-state index contributed by atoms with van der Waals surface area (Å²) < 4.78 is 0. The molecule has 3 heteroatoms. The van der Waals surface area contributed by atoms with Gasteiger partial charge in [-0.2, -0.15) is 5.26 Å². The SMILES string of the molecule is CCC(C#N)N1Cc2ccc(N)cc2C1. The van der Waals surface area contributed by atoms with Gasteiger partial charge in [0.05, 0.1) is 12.1 Å². The average molecular weight is 201 g/mol. The van der Waals surface area contributed by atoms with E-state index in [-0.39, 0.29) is 6.04 Å². The predicted octanol–water partition coefficient (Wildman–Crippen LogP) is 1.89. The first-order valence-corrected chi connectivity index (χ1v) is 5.25. The van der Waals surface area contributed by atoms with Gasteiger partial charge in [-0.25, -0.2) is 0 Å². The summed E-state index contributed by atoms with van der Waals surface area (Å²) in [7, 11) is 0. The number of nitriles is 1. The van der Waals surface area contributed by atoms with Gasteiger partial charge in [-0.1, -0.05) is 13.0 Å². The van der Waals surface area contributed by atoms with Gasteiger partial charge in [0.25, 0.3) is 0 Å². The molecule has 1 aromatic carbocycles. The molecule has 0 aliphatic carbocycles. The van der Waals surface area contributed by atoms with E-state index in [2.05, 4.69) is 17.0 Å². The molecule has 2 rings (SSSR count). The fraction of sp³-hybridized carbons (Fsp3) is 0.417. The molecular weight excluding hydrogens is 186 g/mol. The first kappa shape index (κ1) is 10.0. The van der Waals surface area contributed by atoms with Gasteiger partial charge in [0, 0.05) is 18.8 Å². The van der Waals surface area contributed by atoms with Crippen LogP contribution >= 0.6 is 0 Å². The Morgan fingerprint density at radius 1 is 1.47 bits per heavy atom. The first-order valence-electron chi connectivity index (χ1n) is 5.25. The van der Waals surface area contributed by atoms with Crippen molar-refractivity contribution in [3.05, 3.63) is 29.3 Å². The molecule has 0 saturated heterocycles. The van der Waals surface area contributed by atoms with Crippen molar-refractivity contribution in [2.24, 2.45) is 0 Å². The Bertz CT molecular complexity index is 406. The number of hydrogen-bond donors (Lipinski definition) is 1. The maximum atomic E-state index is 9.00. The zero-order valence-electron chi connectivity index (χ0n) is 8.90. The second-order valence-corrected chi connectivity index (χ2v) is 3.99. The fourth-order valence-corrected chi connectivity index (χ4v) is 2.09. The van der Waals surface area contributed by atoms with E-state index >= 15 is 0 Å². The maximum absolute atomic E-state index is 9.00. The predicted molar refractivity (Wildman–Crippen MR) is 59.8 cm³/mol. The average Bonchev–Trinajstić information content (AvgIpc) is 2.62. The van der Waals surface area contributed by atoms with Crippen LogP contribution in [0.2, 0.25) is 0 Å². The smallest absolute Gasteiger partial charge is 0.0981 e. The van der Waals surface area contributed by atoms with Crippen LogP contribution in [-0.2, 0) is 13.1 Å². The molecule has 2 N–H and O–H groups in total. The van der Waals surface area contributed by atoms with Crippen molar-refractivity contribution >= 4 is 5.69 Å². The van der Waals surface area contributed by atoms with Crippen LogP contribution in [-0.4, -0.2) is 10.9 Å². The van der Waals surface area contributed by atoms with E-state index in [1.54, 1.807) is 0 Å². The quantitative estimate of drug-likeness (QED) is 0.743. The highest BCUT2D eigenvalue weighted by molar-refractivity contribution is 5.46. The lowest BCUT2D eigenvalue weighted by Gasteiger charge is -2.19. The van der Waals surface area contributed by atoms with Crippen LogP contribution < -0.4 is 5.73 Å². The van der Waals surface area contributed by atoms with Crippen LogP contribution in [0.25, 0.3) is 0 Å². The number of nitrogens with zero attached hydrogens (tertiary/aromatic N) is 2. The van der Waals surface area contributed by atoms with E-state index in [9.17, 15) is 0 Å². The molecule has 0 radical (unpaired) electrons. The first-order chi connectivity index (χ1) is 7.24. The second-order valence-electron chi connectivity index (χ2n) is 3.99. The summed E-state index contributed by atoms with van der Waals surface area (Å²) >= 11 is 0. The number of nitrogens with two attached hydrogens (primary N) is 1. The molecule has 0 amide bonds. The fourth-order valence-electron chi connectivity index (χ4n) is 2.09. The van der Waals surface area contributed by atoms with Gasteiger partial charge in [-0.3, -0.25) is 4.90 Å². The lowest BCUT2D eigenvalue weighted by Crippen LogP contribution is -2.28. The van der Waals surface area contributed by atoms with E-state index in [0.717, 1.165) is 25.2 Å². The topological polar surface area (TPSA) is 53.0 Å². The van der Waals surface area contributed by atoms with Crippen LogP contribution in [0.15, 0.2) is 18.2 Å². The molecule has 1 aliphatic heterocycles. The Hall–Kier alpha value is -1.53. The Morgan fingerprint density at radius 2 is 2.20 bits per heavy atom. The van der Waals surface area contributed by atoms with E-state index in [1.807, 2.05) is 19.1 Å². The largest absolute Gasteiger partial charge is 0.399 e. The van der Waals surface area contributed by atoms with Crippen molar-refractivity contribution in [1.29, 1.82) is 5.26 Å². The summed E-state index contributed by atoms with van der Waals surface area (Å²) in [6.07, 6.45) is 0.875. The zero-order chi connectivity index (χ0) is 10.8. The Labute approximate surface area is 90.1 Å². The summed E-state index contributed by atoms with van der Waals surface area (Å²) in [6.45, 7) is 3.78. The van der Waals surface area contributed by atoms with Gasteiger partial charge < -0.3 is 5.73 Å². The number of rotatable bonds is 2. The number of fused-ring (bicyclic) bond motifs is 1. The van der Waals surface area contributed by atoms with E-state index in [4.69, 9.17) is 11.0 Å². The molecule has 1 unspecified atom stereocenters. The molecule has 3 nitrogen and oxygen atoms in total. The third-order valence-electron chi connectivity index (χ3n) is 2.95. The molecule has 78 valence electrons. The van der Waals surface area contributed by atoms with E-state index < -0.39 is 0 Å². The molecule has 0 spiro atoms. The van der Waals surface area contributed by atoms with Gasteiger partial charge in [0.1, 0.15) is 0 Å². The van der Waals surface area contributed by atoms with Crippen LogP contribution in [0.3, 0.4) is 0 Å². The van der Waals surface area contributed by atoms with Crippen molar-refractivity contribution in [2.45, 2.75) is 32.5 Å². The molecule has 0 saturated carbocycles. The number of benzene rings is 1. The summed E-state index contributed by atoms with van der Waals surface area (Å²) in [5, 5.41) is 9.00. The summed E-state index contributed by atoms with van der Waals surface area (Å²) in [5.74, 6) is 0. The second kappa shape index (κ2) is 3.92. The van der Waals surface area contributed by atoms with Crippen molar-refractivity contribution in [3.8, 4) is 6.07 Å². The normalized spacial score (nSPS) is 17.1. The third-order valence-corrected chi connectivity index (χ3v) is 2.95. The van der Waals surface area contributed by atoms with Crippen LogP contribution in [0.5, 0.6) is 0 Å². The van der Waals surface area contributed by atoms with Crippen LogP contribution in [0, 0.1) is 11.3 Å². The lowest BCUT2D eigenvalue weighted by molar-refractivity contribution is 0.235. The molecule has 1 aromatic rings. The number of hydrogen-bond acceptors (Lipinski definition) is 3. The highest BCUT2D eigenvalue weighted by atomic mass is 15.2. The minimum absolute atomic E-state index is 0.0265. The molecule has 0 bridgehead atoms. The van der Waals surface area contributed by atoms with Crippen molar-refractivity contribution < 1.29 is 0 Å². The Balaban J connectivity index is 2.19. The van der Waals surface area contributed by atoms with Crippen LogP contribution in [0.4, 0.5) is 5.69 Å². The van der Waals surface area contributed by atoms with E-state index in [0.29, 0.717) is 0 Å². The zero-order valence-corrected chi connectivity index (χ0v) is 8.90. The van der Waals surface area contributed by atoms with Crippen molar-refractivity contribution in [2.75, 3.05) is 5.73 Å². The number of anilines is 1. The van der Waals surface area contributed by atoms with Crippen LogP contribution in [0.1, 0.15) is 24.5 Å². The molecule has 0 aromatic heterocycles. The molecule has 1 atom stereocenters. The molecular formula is C12H15N3. The Kier molecular flexibility index (Phi) is 2.61. The number of nitrogen functional groups attached to an aromatic ring is 1. The standard InChI is InChI=1S/C12H15N3/c1-2-12(6-13)15-7-9-3-4-11(14)5-10(9)8-15/h3-5,12H,2,7-8,14H2,1H3. The van der Waals surface area contributed by atoms with Gasteiger partial charge in [0.2, 0.25) is 0 Å². The van der Waals surface area contributed by atoms with Crippen molar-refractivity contribution in [1.82, 2.24) is 4.90 Å². The summed E-state index contributed by atoms with van der Waals surface area (Å²) in [5.41, 5.74) is 9.11. The third kappa shape index (κ3) is 1.81. The molecule has 1 aliphatic rings. The van der Waals surface area contributed by atoms with Gasteiger partial charge in [0.15, 0.2) is 0 Å². The molecule has 1 heterocycles. The summed E-state index contributed by atoms with van der Waals surface area (Å²) in [4.78, 5) is 2.20. The monoisotopic (exact) mass is 201 g/mol. The van der Waals surface area contributed by atoms with Crippen molar-refractivity contribution in [3.63, 3.8) is 0 Å². The minimum Gasteiger partial charge on any atom is -0.399 e. The highest BCUT2D eigenvalue weighted by Crippen LogP contribution is 2.26. The molecule has 0 fully saturated rings. The van der Waals surface area contributed by atoms with E-state index in [1.165, 1.54) is 11.1 Å².